The number of hydrogen-bond donors (Lipinski definition) is 2. The zero-order chi connectivity index (χ0) is 21.8. The molecule has 0 unspecified atom stereocenters. The number of fused-ring (bicyclic) bond motifs is 1. The lowest BCUT2D eigenvalue weighted by atomic mass is 9.93. The van der Waals surface area contributed by atoms with Crippen LogP contribution in [0.3, 0.4) is 0 Å². The number of pyridine rings is 2. The van der Waals surface area contributed by atoms with E-state index >= 15 is 0 Å². The van der Waals surface area contributed by atoms with Crippen molar-refractivity contribution in [1.29, 1.82) is 0 Å². The molecule has 0 saturated carbocycles. The van der Waals surface area contributed by atoms with Crippen LogP contribution in [-0.4, -0.2) is 46.5 Å². The fourth-order valence-corrected chi connectivity index (χ4v) is 4.65. The summed E-state index contributed by atoms with van der Waals surface area (Å²) in [6.45, 7) is 3.21. The van der Waals surface area contributed by atoms with E-state index in [2.05, 4.69) is 81.8 Å². The Bertz CT molecular complexity index is 1160. The summed E-state index contributed by atoms with van der Waals surface area (Å²) in [6, 6.07) is 21.2. The number of benzene rings is 1. The fourth-order valence-electron chi connectivity index (χ4n) is 4.65. The number of nitrogens with zero attached hydrogens (tertiary/aromatic N) is 3. The highest BCUT2D eigenvalue weighted by Crippen LogP contribution is 2.33. The Labute approximate surface area is 189 Å². The molecule has 4 aromatic rings. The first-order chi connectivity index (χ1) is 15.8. The third-order valence-electron chi connectivity index (χ3n) is 6.53. The Morgan fingerprint density at radius 3 is 2.72 bits per heavy atom. The van der Waals surface area contributed by atoms with E-state index in [0.29, 0.717) is 5.92 Å². The van der Waals surface area contributed by atoms with Gasteiger partial charge in [0.25, 0.3) is 0 Å². The summed E-state index contributed by atoms with van der Waals surface area (Å²) in [7, 11) is 2.20. The van der Waals surface area contributed by atoms with E-state index in [1.807, 2.05) is 12.3 Å². The van der Waals surface area contributed by atoms with Gasteiger partial charge < -0.3 is 15.2 Å². The zero-order valence-corrected chi connectivity index (χ0v) is 18.7. The van der Waals surface area contributed by atoms with Gasteiger partial charge in [-0.05, 0) is 75.6 Å². The molecule has 0 spiro atoms. The van der Waals surface area contributed by atoms with Gasteiger partial charge in [-0.25, -0.2) is 9.97 Å². The molecule has 0 aliphatic carbocycles. The fraction of sp³-hybridized carbons (Fsp3) is 0.333. The van der Waals surface area contributed by atoms with Gasteiger partial charge in [-0.3, -0.25) is 0 Å². The highest BCUT2D eigenvalue weighted by atomic mass is 15.1. The molecule has 0 atom stereocenters. The summed E-state index contributed by atoms with van der Waals surface area (Å²) in [5.74, 6) is 1.51. The molecule has 0 radical (unpaired) electrons. The summed E-state index contributed by atoms with van der Waals surface area (Å²) in [5.41, 5.74) is 5.77. The van der Waals surface area contributed by atoms with E-state index in [9.17, 15) is 0 Å². The van der Waals surface area contributed by atoms with E-state index in [1.165, 1.54) is 24.1 Å². The molecule has 32 heavy (non-hydrogen) atoms. The van der Waals surface area contributed by atoms with Gasteiger partial charge in [0.05, 0.1) is 5.69 Å². The van der Waals surface area contributed by atoms with Crippen LogP contribution in [0, 0.1) is 0 Å². The zero-order valence-electron chi connectivity index (χ0n) is 18.7. The molecule has 1 aliphatic rings. The van der Waals surface area contributed by atoms with Crippen LogP contribution in [-0.2, 0) is 6.42 Å². The van der Waals surface area contributed by atoms with Crippen LogP contribution in [0.5, 0.6) is 0 Å². The van der Waals surface area contributed by atoms with Gasteiger partial charge in [0.15, 0.2) is 0 Å². The third kappa shape index (κ3) is 4.68. The quantitative estimate of drug-likeness (QED) is 0.385. The number of aryl methyl sites for hydroxylation is 1. The predicted molar refractivity (Wildman–Crippen MR) is 132 cm³/mol. The Balaban J connectivity index is 1.30. The molecule has 4 heterocycles. The predicted octanol–water partition coefficient (Wildman–Crippen LogP) is 5.48. The molecular formula is C27H31N5. The third-order valence-corrected chi connectivity index (χ3v) is 6.53. The molecule has 2 N–H and O–H groups in total. The maximum atomic E-state index is 4.91. The number of anilines is 1. The average molecular weight is 426 g/mol. The van der Waals surface area contributed by atoms with Crippen molar-refractivity contribution in [2.75, 3.05) is 32.0 Å². The first kappa shape index (κ1) is 20.7. The first-order valence-corrected chi connectivity index (χ1v) is 11.7. The highest BCUT2D eigenvalue weighted by molar-refractivity contribution is 5.92. The number of aromatic nitrogens is 3. The summed E-state index contributed by atoms with van der Waals surface area (Å²) in [6.07, 6.45) is 6.42. The Morgan fingerprint density at radius 1 is 1.03 bits per heavy atom. The van der Waals surface area contributed by atoms with Crippen molar-refractivity contribution >= 4 is 16.9 Å². The lowest BCUT2D eigenvalue weighted by molar-refractivity contribution is 0.254. The minimum Gasteiger partial charge on any atom is -0.370 e. The second-order valence-corrected chi connectivity index (χ2v) is 8.85. The van der Waals surface area contributed by atoms with Crippen LogP contribution >= 0.6 is 0 Å². The van der Waals surface area contributed by atoms with Crippen molar-refractivity contribution in [3.05, 3.63) is 78.1 Å². The van der Waals surface area contributed by atoms with E-state index in [1.54, 1.807) is 0 Å². The molecule has 1 aromatic carbocycles. The number of rotatable bonds is 7. The van der Waals surface area contributed by atoms with E-state index < -0.39 is 0 Å². The van der Waals surface area contributed by atoms with Crippen LogP contribution in [0.15, 0.2) is 66.9 Å². The molecule has 5 heteroatoms. The Hall–Kier alpha value is -3.18. The summed E-state index contributed by atoms with van der Waals surface area (Å²) < 4.78 is 0. The van der Waals surface area contributed by atoms with Crippen molar-refractivity contribution in [2.45, 2.75) is 31.6 Å². The normalized spacial score (nSPS) is 15.3. The molecule has 5 rings (SSSR count). The van der Waals surface area contributed by atoms with Crippen LogP contribution in [0.2, 0.25) is 0 Å². The van der Waals surface area contributed by atoms with Gasteiger partial charge in [0, 0.05) is 35.3 Å². The number of nitrogens with one attached hydrogen (secondary N) is 2. The van der Waals surface area contributed by atoms with E-state index in [4.69, 9.17) is 4.98 Å². The molecule has 0 bridgehead atoms. The topological polar surface area (TPSA) is 56.8 Å². The van der Waals surface area contributed by atoms with Crippen molar-refractivity contribution < 1.29 is 0 Å². The molecule has 1 saturated heterocycles. The monoisotopic (exact) mass is 425 g/mol. The van der Waals surface area contributed by atoms with Crippen molar-refractivity contribution in [1.82, 2.24) is 19.9 Å². The van der Waals surface area contributed by atoms with Gasteiger partial charge in [0.2, 0.25) is 0 Å². The van der Waals surface area contributed by atoms with Gasteiger partial charge >= 0.3 is 0 Å². The smallest absolute Gasteiger partial charge is 0.138 e. The maximum Gasteiger partial charge on any atom is 0.138 e. The summed E-state index contributed by atoms with van der Waals surface area (Å²) in [4.78, 5) is 15.5. The molecular weight excluding hydrogens is 394 g/mol. The standard InChI is InChI=1S/C27H31N5/c1-32-17-13-21(14-18-32)25-19-23-22(12-16-29-27(23)31-25)24-10-5-11-26(30-24)28-15-6-9-20-7-3-2-4-8-20/h2-5,7-8,10-12,16,19,21H,6,9,13-15,17-18H2,1H3,(H,28,30)(H,29,31). The number of piperidine rings is 1. The molecule has 1 fully saturated rings. The van der Waals surface area contributed by atoms with Gasteiger partial charge in [0.1, 0.15) is 11.5 Å². The number of hydrogen-bond acceptors (Lipinski definition) is 4. The molecule has 0 amide bonds. The summed E-state index contributed by atoms with van der Waals surface area (Å²) in [5, 5.41) is 4.66. The first-order valence-electron chi connectivity index (χ1n) is 11.7. The van der Waals surface area contributed by atoms with E-state index in [-0.39, 0.29) is 0 Å². The van der Waals surface area contributed by atoms with E-state index in [0.717, 1.165) is 60.6 Å². The number of aromatic amines is 1. The number of H-pyrrole nitrogens is 1. The Morgan fingerprint density at radius 2 is 1.88 bits per heavy atom. The second kappa shape index (κ2) is 9.53. The van der Waals surface area contributed by atoms with Gasteiger partial charge in [-0.15, -0.1) is 0 Å². The van der Waals surface area contributed by atoms with Crippen LogP contribution in [0.25, 0.3) is 22.3 Å². The Kier molecular flexibility index (Phi) is 6.17. The maximum absolute atomic E-state index is 4.91. The van der Waals surface area contributed by atoms with Crippen molar-refractivity contribution in [3.8, 4) is 11.3 Å². The number of likely N-dealkylation sites (tertiary alicyclic amines) is 1. The van der Waals surface area contributed by atoms with Crippen molar-refractivity contribution in [2.24, 2.45) is 0 Å². The highest BCUT2D eigenvalue weighted by Gasteiger charge is 2.21. The van der Waals surface area contributed by atoms with Crippen LogP contribution < -0.4 is 5.32 Å². The van der Waals surface area contributed by atoms with Crippen LogP contribution in [0.1, 0.15) is 36.4 Å². The van der Waals surface area contributed by atoms with Gasteiger partial charge in [-0.1, -0.05) is 36.4 Å². The van der Waals surface area contributed by atoms with Gasteiger partial charge in [-0.2, -0.15) is 0 Å². The van der Waals surface area contributed by atoms with Crippen molar-refractivity contribution in [3.63, 3.8) is 0 Å². The molecule has 3 aromatic heterocycles. The van der Waals surface area contributed by atoms with Crippen LogP contribution in [0.4, 0.5) is 5.82 Å². The summed E-state index contributed by atoms with van der Waals surface area (Å²) >= 11 is 0. The molecule has 5 nitrogen and oxygen atoms in total. The lowest BCUT2D eigenvalue weighted by Gasteiger charge is -2.28. The molecule has 1 aliphatic heterocycles. The average Bonchev–Trinajstić information content (AvgIpc) is 3.28. The second-order valence-electron chi connectivity index (χ2n) is 8.85. The minimum absolute atomic E-state index is 0.582. The SMILES string of the molecule is CN1CCC(c2cc3c(-c4cccc(NCCCc5ccccc5)n4)ccnc3[nH]2)CC1. The lowest BCUT2D eigenvalue weighted by Crippen LogP contribution is -2.29. The minimum atomic E-state index is 0.582. The molecule has 164 valence electrons. The largest absolute Gasteiger partial charge is 0.370 e.